The largest absolute Gasteiger partial charge is 0.366 e. The van der Waals surface area contributed by atoms with Crippen LogP contribution >= 0.6 is 0 Å². The van der Waals surface area contributed by atoms with Gasteiger partial charge in [-0.15, -0.1) is 0 Å². The maximum absolute atomic E-state index is 14.7. The van der Waals surface area contributed by atoms with Crippen LogP contribution < -0.4 is 37.6 Å². The van der Waals surface area contributed by atoms with Gasteiger partial charge in [0.2, 0.25) is 5.91 Å². The highest BCUT2D eigenvalue weighted by Crippen LogP contribution is 2.66. The van der Waals surface area contributed by atoms with Crippen LogP contribution in [0.3, 0.4) is 0 Å². The van der Waals surface area contributed by atoms with Gasteiger partial charge in [0.05, 0.1) is 18.6 Å². The summed E-state index contributed by atoms with van der Waals surface area (Å²) in [5.41, 5.74) is 35.8. The fourth-order valence-electron chi connectivity index (χ4n) is 18.5. The quantitative estimate of drug-likeness (QED) is 0.0564. The van der Waals surface area contributed by atoms with E-state index in [9.17, 15) is 18.0 Å². The number of rotatable bonds is 13. The fraction of sp³-hybridized carbons (Fsp3) is 0.275. The average molecular weight is 1400 g/mol. The van der Waals surface area contributed by atoms with E-state index in [2.05, 4.69) is 78.4 Å². The first-order chi connectivity index (χ1) is 51.3. The number of fused-ring (bicyclic) bond motifs is 8. The number of H-pyrrole nitrogens is 3. The van der Waals surface area contributed by atoms with Crippen molar-refractivity contribution >= 4 is 78.4 Å². The topological polar surface area (TPSA) is 320 Å². The van der Waals surface area contributed by atoms with E-state index in [-0.39, 0.29) is 39.6 Å². The van der Waals surface area contributed by atoms with Gasteiger partial charge in [-0.3, -0.25) is 30.1 Å². The first-order valence-electron chi connectivity index (χ1n) is 35.6. The molecule has 22 nitrogen and oxygen atoms in total. The minimum absolute atomic E-state index is 0.157. The molecule has 0 spiro atoms. The number of nitrogens with one attached hydrogen (secondary N) is 3. The van der Waals surface area contributed by atoms with E-state index in [0.717, 1.165) is 159 Å². The lowest BCUT2D eigenvalue weighted by Gasteiger charge is -2.26. The van der Waals surface area contributed by atoms with E-state index in [1.807, 2.05) is 111 Å². The van der Waals surface area contributed by atoms with Crippen LogP contribution in [0, 0.1) is 59.9 Å². The molecule has 14 aromatic rings. The molecule has 8 aromatic heterocycles. The molecule has 11 heterocycles. The number of aryl methyl sites for hydroxylation is 1. The van der Waals surface area contributed by atoms with Gasteiger partial charge in [-0.1, -0.05) is 84.9 Å². The number of nitrogens with zero attached hydrogens (tertiary/aromatic N) is 14. The van der Waals surface area contributed by atoms with Crippen molar-refractivity contribution in [3.63, 3.8) is 0 Å². The summed E-state index contributed by atoms with van der Waals surface area (Å²) in [6.45, 7) is 8.00. The molecule has 3 aliphatic carbocycles. The van der Waals surface area contributed by atoms with Crippen molar-refractivity contribution in [2.24, 2.45) is 58.4 Å². The first kappa shape index (κ1) is 65.4. The monoisotopic (exact) mass is 1400 g/mol. The second-order valence-electron chi connectivity index (χ2n) is 28.8. The van der Waals surface area contributed by atoms with Crippen LogP contribution in [0.25, 0.3) is 88.8 Å². The Labute approximate surface area is 600 Å². The third-order valence-corrected chi connectivity index (χ3v) is 24.0. The summed E-state index contributed by atoms with van der Waals surface area (Å²) in [7, 11) is 0. The summed E-state index contributed by atoms with van der Waals surface area (Å²) in [4.78, 5) is 55.3. The zero-order valence-electron chi connectivity index (χ0n) is 57.4. The Kier molecular flexibility index (Phi) is 16.0. The molecule has 0 unspecified atom stereocenters. The number of benzene rings is 6. The molecule has 6 fully saturated rings. The lowest BCUT2D eigenvalue weighted by atomic mass is 9.91. The Bertz CT molecular complexity index is 5490. The van der Waals surface area contributed by atoms with Crippen LogP contribution in [0.4, 0.5) is 30.6 Å². The number of primary amides is 1. The van der Waals surface area contributed by atoms with Gasteiger partial charge in [-0.2, -0.15) is 15.3 Å². The smallest absolute Gasteiger partial charge is 0.248 e. The third kappa shape index (κ3) is 10.8. The number of aromatic amines is 3. The molecule has 25 heteroatoms. The molecule has 0 bridgehead atoms. The number of aromatic nitrogens is 14. The minimum atomic E-state index is -0.460. The molecule has 3 saturated heterocycles. The van der Waals surface area contributed by atoms with Gasteiger partial charge in [0.1, 0.15) is 68.5 Å². The Morgan fingerprint density at radius 3 is 1.22 bits per heavy atom. The minimum Gasteiger partial charge on any atom is -0.366 e. The zero-order chi connectivity index (χ0) is 71.5. The molecule has 105 heavy (non-hydrogen) atoms. The molecule has 3 aliphatic heterocycles. The number of hydrogen-bond acceptors (Lipinski definition) is 18. The van der Waals surface area contributed by atoms with Crippen molar-refractivity contribution in [3.05, 3.63) is 228 Å². The summed E-state index contributed by atoms with van der Waals surface area (Å²) in [5, 5.41) is 27.0. The number of nitrogens with two attached hydrogens (primary N) is 4. The molecule has 0 radical (unpaired) electrons. The molecule has 6 aromatic carbocycles. The van der Waals surface area contributed by atoms with Gasteiger partial charge in [0.15, 0.2) is 16.9 Å². The summed E-state index contributed by atoms with van der Waals surface area (Å²) in [6.07, 6.45) is 15.5. The highest BCUT2D eigenvalue weighted by molar-refractivity contribution is 5.97. The molecule has 20 rings (SSSR count). The van der Waals surface area contributed by atoms with Gasteiger partial charge >= 0.3 is 0 Å². The lowest BCUT2D eigenvalue weighted by Crippen LogP contribution is -2.32. The summed E-state index contributed by atoms with van der Waals surface area (Å²) < 4.78 is 44.0. The SMILES string of the molecule is Cc1cc(-c2n[nH]c3nc(N4CC[C@@H]5[C@H](C4)[C@@]5(CN)c4ccccc4F)cnc23)ccc1C(N)=O.NC[C@]1(c2ccccc2F)[C@@H]2CCN(c3cnc4c(-c5ccc6ccncc6c5)n[nH]c4n3)C[C@@H]21.NC[C@]1(c2ccccc2F)[C@@H]2CCN(c3cnc4c(-c5ccc6cnccc6c5)n[nH]c4n3)C[C@@H]21. The number of carbonyl (C=O) groups excluding carboxylic acids is 1. The van der Waals surface area contributed by atoms with Crippen molar-refractivity contribution in [2.45, 2.75) is 42.4 Å². The van der Waals surface area contributed by atoms with Gasteiger partial charge in [0, 0.05) is 133 Å². The number of hydrogen-bond donors (Lipinski definition) is 7. The maximum Gasteiger partial charge on any atom is 0.248 e. The van der Waals surface area contributed by atoms with E-state index in [0.29, 0.717) is 82.9 Å². The molecule has 3 saturated carbocycles. The Hall–Kier alpha value is -11.7. The van der Waals surface area contributed by atoms with Crippen LogP contribution in [0.5, 0.6) is 0 Å². The van der Waals surface area contributed by atoms with Crippen LogP contribution in [0.15, 0.2) is 183 Å². The number of anilines is 3. The molecule has 9 atom stereocenters. The molecule has 11 N–H and O–H groups in total. The Morgan fingerprint density at radius 1 is 0.448 bits per heavy atom. The second kappa shape index (κ2) is 25.6. The molecule has 1 amide bonds. The van der Waals surface area contributed by atoms with E-state index >= 15 is 0 Å². The van der Waals surface area contributed by atoms with Crippen molar-refractivity contribution < 1.29 is 18.0 Å². The predicted molar refractivity (Wildman–Crippen MR) is 398 cm³/mol. The number of halogens is 3. The number of pyridine rings is 2. The van der Waals surface area contributed by atoms with Crippen LogP contribution in [-0.4, -0.2) is 135 Å². The highest BCUT2D eigenvalue weighted by atomic mass is 19.1. The second-order valence-corrected chi connectivity index (χ2v) is 28.8. The molecular weight excluding hydrogens is 1330 g/mol. The van der Waals surface area contributed by atoms with E-state index in [4.69, 9.17) is 47.9 Å². The van der Waals surface area contributed by atoms with Crippen molar-refractivity contribution in [2.75, 3.05) is 73.6 Å². The first-order valence-corrected chi connectivity index (χ1v) is 35.6. The lowest BCUT2D eigenvalue weighted by molar-refractivity contribution is 0.0999. The summed E-state index contributed by atoms with van der Waals surface area (Å²) in [5.74, 6) is 3.49. The average Bonchev–Trinajstić information content (AvgIpc) is 1.54. The van der Waals surface area contributed by atoms with E-state index < -0.39 is 5.91 Å². The molecule has 6 aliphatic rings. The number of amides is 1. The van der Waals surface area contributed by atoms with Crippen molar-refractivity contribution in [1.29, 1.82) is 0 Å². The molecular formula is C80H74F3N21O. The normalized spacial score (nSPS) is 23.5. The summed E-state index contributed by atoms with van der Waals surface area (Å²) >= 11 is 0. The van der Waals surface area contributed by atoms with E-state index in [1.165, 1.54) is 18.2 Å². The van der Waals surface area contributed by atoms with Crippen LogP contribution in [0.2, 0.25) is 0 Å². The Balaban J connectivity index is 0.000000112. The third-order valence-electron chi connectivity index (χ3n) is 24.0. The van der Waals surface area contributed by atoms with Gasteiger partial charge in [-0.05, 0) is 149 Å². The maximum atomic E-state index is 14.7. The number of piperidine rings is 3. The summed E-state index contributed by atoms with van der Waals surface area (Å²) in [6, 6.07) is 42.8. The van der Waals surface area contributed by atoms with Crippen LogP contribution in [-0.2, 0) is 16.2 Å². The number of carbonyl (C=O) groups is 1. The fourth-order valence-corrected chi connectivity index (χ4v) is 18.5. The van der Waals surface area contributed by atoms with Gasteiger partial charge in [0.25, 0.3) is 0 Å². The molecule has 526 valence electrons. The van der Waals surface area contributed by atoms with Crippen molar-refractivity contribution in [3.8, 4) is 33.8 Å². The van der Waals surface area contributed by atoms with E-state index in [1.54, 1.807) is 42.9 Å². The highest BCUT2D eigenvalue weighted by Gasteiger charge is 2.68. The zero-order valence-corrected chi connectivity index (χ0v) is 57.4. The predicted octanol–water partition coefficient (Wildman–Crippen LogP) is 11.0. The van der Waals surface area contributed by atoms with Gasteiger partial charge < -0.3 is 37.6 Å². The standard InChI is InChI=1S/2C27H24FN7.C26H26FN7O/c28-22-4-2-1-3-20(22)27(15-29)19-8-10-35(14-21(19)27)23-13-31-25-24(33-34-26(25)32-23)17-5-6-18-12-30-9-7-16(18)11-17;28-22-4-2-1-3-20(22)27(15-29)19-8-10-35(14-21(19)27)23-13-31-25-24(33-34-26(25)32-23)17-6-5-16-7-9-30-12-18(16)11-17;1-14-10-15(6-7-16(14)24(29)35)22-23-25(33-32-22)31-21(11-30-23)34-9-8-17-19(12-34)26(17,13-28)18-4-2-3-5-20(18)27/h2*1-7,9,11-13,19,21H,8,10,14-15,29H2,(H,32,33,34);2-7,10-11,17,19H,8-9,12-13,28H2,1H3,(H2,29,35)(H,31,32,33)/t2*19-,21+,27-;17-,19+,26-/m111/s1. The van der Waals surface area contributed by atoms with Crippen LogP contribution in [0.1, 0.15) is 51.9 Å². The van der Waals surface area contributed by atoms with Gasteiger partial charge in [-0.25, -0.2) is 43.1 Å². The Morgan fingerprint density at radius 2 is 0.819 bits per heavy atom. The van der Waals surface area contributed by atoms with Crippen molar-refractivity contribution in [1.82, 2.24) is 70.5 Å².